The van der Waals surface area contributed by atoms with Crippen molar-refractivity contribution in [1.82, 2.24) is 4.98 Å². The summed E-state index contributed by atoms with van der Waals surface area (Å²) in [4.78, 5) is 4.18. The molecule has 1 aromatic rings. The van der Waals surface area contributed by atoms with Crippen LogP contribution in [-0.2, 0) is 6.42 Å². The van der Waals surface area contributed by atoms with Crippen LogP contribution in [0.25, 0.3) is 0 Å². The van der Waals surface area contributed by atoms with Gasteiger partial charge in [0.25, 0.3) is 0 Å². The first-order valence-electron chi connectivity index (χ1n) is 4.47. The zero-order chi connectivity index (χ0) is 9.68. The van der Waals surface area contributed by atoms with Crippen molar-refractivity contribution in [1.29, 1.82) is 0 Å². The fraction of sp³-hybridized carbons (Fsp3) is 0.500. The molecule has 0 aliphatic heterocycles. The van der Waals surface area contributed by atoms with Crippen molar-refractivity contribution in [3.8, 4) is 0 Å². The van der Waals surface area contributed by atoms with E-state index >= 15 is 0 Å². The Kier molecular flexibility index (Phi) is 4.54. The molecule has 3 heteroatoms. The predicted octanol–water partition coefficient (Wildman–Crippen LogP) is 3.69. The van der Waals surface area contributed by atoms with Crippen molar-refractivity contribution in [2.24, 2.45) is 0 Å². The summed E-state index contributed by atoms with van der Waals surface area (Å²) >= 11 is 12.0. The Morgan fingerprint density at radius 2 is 2.31 bits per heavy atom. The van der Waals surface area contributed by atoms with E-state index in [-0.39, 0.29) is 5.38 Å². The largest absolute Gasteiger partial charge is 0.260 e. The Hall–Kier alpha value is -0.270. The lowest BCUT2D eigenvalue weighted by Gasteiger charge is -2.07. The number of aromatic nitrogens is 1. The number of halogens is 2. The van der Waals surface area contributed by atoms with Gasteiger partial charge in [0.2, 0.25) is 0 Å². The molecule has 0 bridgehead atoms. The zero-order valence-corrected chi connectivity index (χ0v) is 9.15. The molecule has 0 saturated carbocycles. The summed E-state index contributed by atoms with van der Waals surface area (Å²) in [6, 6.07) is 3.67. The number of pyridine rings is 1. The molecule has 0 fully saturated rings. The van der Waals surface area contributed by atoms with E-state index in [1.54, 1.807) is 6.20 Å². The van der Waals surface area contributed by atoms with Crippen molar-refractivity contribution in [2.75, 3.05) is 0 Å². The van der Waals surface area contributed by atoms with Crippen molar-refractivity contribution in [3.63, 3.8) is 0 Å². The standard InChI is InChI=1S/C10H13Cl2N/c1-2-4-8(11)7-10-9(12)5-3-6-13-10/h3,5-6,8H,2,4,7H2,1H3. The Balaban J connectivity index is 2.58. The van der Waals surface area contributed by atoms with Crippen LogP contribution in [0.1, 0.15) is 25.5 Å². The second-order valence-corrected chi connectivity index (χ2v) is 4.05. The maximum absolute atomic E-state index is 6.09. The van der Waals surface area contributed by atoms with Gasteiger partial charge in [0.15, 0.2) is 0 Å². The first-order valence-corrected chi connectivity index (χ1v) is 5.29. The first kappa shape index (κ1) is 10.8. The summed E-state index contributed by atoms with van der Waals surface area (Å²) in [6.07, 6.45) is 4.61. The van der Waals surface area contributed by atoms with Crippen LogP contribution in [0.2, 0.25) is 5.02 Å². The van der Waals surface area contributed by atoms with E-state index in [0.29, 0.717) is 5.02 Å². The molecule has 0 aliphatic rings. The quantitative estimate of drug-likeness (QED) is 0.702. The lowest BCUT2D eigenvalue weighted by Crippen LogP contribution is -2.04. The number of hydrogen-bond acceptors (Lipinski definition) is 1. The highest BCUT2D eigenvalue weighted by molar-refractivity contribution is 6.31. The molecular weight excluding hydrogens is 205 g/mol. The van der Waals surface area contributed by atoms with Crippen LogP contribution in [0.5, 0.6) is 0 Å². The SMILES string of the molecule is CCCC(Cl)Cc1ncccc1Cl. The van der Waals surface area contributed by atoms with Crippen molar-refractivity contribution < 1.29 is 0 Å². The molecule has 0 aliphatic carbocycles. The van der Waals surface area contributed by atoms with Gasteiger partial charge in [0.05, 0.1) is 10.7 Å². The molecule has 1 aromatic heterocycles. The average Bonchev–Trinajstić information content (AvgIpc) is 2.09. The third-order valence-corrected chi connectivity index (χ3v) is 2.57. The maximum Gasteiger partial charge on any atom is 0.0622 e. The minimum Gasteiger partial charge on any atom is -0.260 e. The van der Waals surface area contributed by atoms with Crippen molar-refractivity contribution in [3.05, 3.63) is 29.0 Å². The van der Waals surface area contributed by atoms with Gasteiger partial charge in [-0.2, -0.15) is 0 Å². The van der Waals surface area contributed by atoms with Crippen LogP contribution in [0, 0.1) is 0 Å². The van der Waals surface area contributed by atoms with Crippen molar-refractivity contribution in [2.45, 2.75) is 31.6 Å². The smallest absolute Gasteiger partial charge is 0.0622 e. The van der Waals surface area contributed by atoms with Gasteiger partial charge >= 0.3 is 0 Å². The molecule has 1 atom stereocenters. The maximum atomic E-state index is 6.09. The molecule has 0 spiro atoms. The minimum atomic E-state index is 0.150. The average molecular weight is 218 g/mol. The minimum absolute atomic E-state index is 0.150. The molecule has 0 N–H and O–H groups in total. The fourth-order valence-electron chi connectivity index (χ4n) is 1.19. The van der Waals surface area contributed by atoms with Gasteiger partial charge in [0, 0.05) is 18.0 Å². The predicted molar refractivity (Wildman–Crippen MR) is 57.5 cm³/mol. The summed E-state index contributed by atoms with van der Waals surface area (Å²) in [5.74, 6) is 0. The summed E-state index contributed by atoms with van der Waals surface area (Å²) in [5, 5.41) is 0.863. The molecule has 13 heavy (non-hydrogen) atoms. The summed E-state index contributed by atoms with van der Waals surface area (Å²) in [5.41, 5.74) is 0.901. The zero-order valence-electron chi connectivity index (χ0n) is 7.63. The Bertz CT molecular complexity index is 263. The van der Waals surface area contributed by atoms with E-state index in [1.807, 2.05) is 12.1 Å². The number of nitrogens with zero attached hydrogens (tertiary/aromatic N) is 1. The Morgan fingerprint density at radius 3 is 2.92 bits per heavy atom. The topological polar surface area (TPSA) is 12.9 Å². The molecule has 72 valence electrons. The normalized spacial score (nSPS) is 12.8. The van der Waals surface area contributed by atoms with Crippen LogP contribution in [-0.4, -0.2) is 10.4 Å². The summed E-state index contributed by atoms with van der Waals surface area (Å²) in [7, 11) is 0. The van der Waals surface area contributed by atoms with Gasteiger partial charge in [0.1, 0.15) is 0 Å². The van der Waals surface area contributed by atoms with Gasteiger partial charge in [-0.1, -0.05) is 24.9 Å². The van der Waals surface area contributed by atoms with Gasteiger partial charge in [-0.05, 0) is 18.6 Å². The van der Waals surface area contributed by atoms with Gasteiger partial charge < -0.3 is 0 Å². The monoisotopic (exact) mass is 217 g/mol. The molecular formula is C10H13Cl2N. The second kappa shape index (κ2) is 5.46. The third kappa shape index (κ3) is 3.53. The molecule has 0 amide bonds. The van der Waals surface area contributed by atoms with Gasteiger partial charge in [-0.15, -0.1) is 11.6 Å². The van der Waals surface area contributed by atoms with E-state index in [1.165, 1.54) is 0 Å². The van der Waals surface area contributed by atoms with Gasteiger partial charge in [-0.3, -0.25) is 4.98 Å². The van der Waals surface area contributed by atoms with Gasteiger partial charge in [-0.25, -0.2) is 0 Å². The number of hydrogen-bond donors (Lipinski definition) is 0. The van der Waals surface area contributed by atoms with Crippen LogP contribution in [0.15, 0.2) is 18.3 Å². The van der Waals surface area contributed by atoms with Crippen LogP contribution < -0.4 is 0 Å². The molecule has 0 aromatic carbocycles. The van der Waals surface area contributed by atoms with Crippen molar-refractivity contribution >= 4 is 23.2 Å². The van der Waals surface area contributed by atoms with E-state index in [2.05, 4.69) is 11.9 Å². The van der Waals surface area contributed by atoms with Crippen LogP contribution in [0.4, 0.5) is 0 Å². The molecule has 1 unspecified atom stereocenters. The highest BCUT2D eigenvalue weighted by atomic mass is 35.5. The fourth-order valence-corrected chi connectivity index (χ4v) is 1.76. The molecule has 1 rings (SSSR count). The lowest BCUT2D eigenvalue weighted by molar-refractivity contribution is 0.716. The van der Waals surface area contributed by atoms with Crippen LogP contribution in [0.3, 0.4) is 0 Å². The summed E-state index contributed by atoms with van der Waals surface area (Å²) < 4.78 is 0. The third-order valence-electron chi connectivity index (χ3n) is 1.85. The Morgan fingerprint density at radius 1 is 1.54 bits per heavy atom. The summed E-state index contributed by atoms with van der Waals surface area (Å²) in [6.45, 7) is 2.12. The Labute approximate surface area is 89.1 Å². The molecule has 0 radical (unpaired) electrons. The molecule has 1 nitrogen and oxygen atoms in total. The lowest BCUT2D eigenvalue weighted by atomic mass is 10.1. The first-order chi connectivity index (χ1) is 6.24. The van der Waals surface area contributed by atoms with E-state index in [9.17, 15) is 0 Å². The highest BCUT2D eigenvalue weighted by Crippen LogP contribution is 2.18. The number of rotatable bonds is 4. The van der Waals surface area contributed by atoms with E-state index in [4.69, 9.17) is 23.2 Å². The van der Waals surface area contributed by atoms with E-state index in [0.717, 1.165) is 25.0 Å². The molecule has 1 heterocycles. The van der Waals surface area contributed by atoms with E-state index < -0.39 is 0 Å². The second-order valence-electron chi connectivity index (χ2n) is 3.02. The number of alkyl halides is 1. The van der Waals surface area contributed by atoms with Crippen LogP contribution >= 0.6 is 23.2 Å². The molecule has 0 saturated heterocycles. The highest BCUT2D eigenvalue weighted by Gasteiger charge is 2.08.